The first-order valence-electron chi connectivity index (χ1n) is 10.2. The fourth-order valence-electron chi connectivity index (χ4n) is 3.81. The molecule has 32 heavy (non-hydrogen) atoms. The maximum atomic E-state index is 12.6. The van der Waals surface area contributed by atoms with Gasteiger partial charge in [0.1, 0.15) is 6.54 Å². The summed E-state index contributed by atoms with van der Waals surface area (Å²) in [6, 6.07) is 14.3. The lowest BCUT2D eigenvalue weighted by Crippen LogP contribution is -2.33. The minimum Gasteiger partial charge on any atom is -0.456 e. The summed E-state index contributed by atoms with van der Waals surface area (Å²) >= 11 is 0. The number of hydrogen-bond donors (Lipinski definition) is 0. The number of nitrogens with zero attached hydrogens (tertiary/aromatic N) is 2. The summed E-state index contributed by atoms with van der Waals surface area (Å²) in [7, 11) is -0.641. The first-order chi connectivity index (χ1) is 14.9. The van der Waals surface area contributed by atoms with Gasteiger partial charge in [-0.3, -0.25) is 9.59 Å². The Morgan fingerprint density at radius 1 is 1.09 bits per heavy atom. The van der Waals surface area contributed by atoms with Gasteiger partial charge in [0.05, 0.1) is 4.90 Å². The number of rotatable bonds is 7. The third-order valence-corrected chi connectivity index (χ3v) is 7.51. The largest absolute Gasteiger partial charge is 0.456 e. The van der Waals surface area contributed by atoms with E-state index in [9.17, 15) is 18.0 Å². The highest BCUT2D eigenvalue weighted by Crippen LogP contribution is 2.46. The van der Waals surface area contributed by atoms with Crippen LogP contribution in [0.4, 0.5) is 5.69 Å². The van der Waals surface area contributed by atoms with Crippen molar-refractivity contribution in [2.75, 3.05) is 32.1 Å². The van der Waals surface area contributed by atoms with Gasteiger partial charge in [-0.15, -0.1) is 0 Å². The van der Waals surface area contributed by atoms with Crippen LogP contribution in [0.3, 0.4) is 0 Å². The lowest BCUT2D eigenvalue weighted by molar-refractivity contribution is -0.146. The number of allylic oxidation sites excluding steroid dienone is 1. The maximum absolute atomic E-state index is 12.6. The highest BCUT2D eigenvalue weighted by molar-refractivity contribution is 7.89. The van der Waals surface area contributed by atoms with Crippen LogP contribution in [0.15, 0.2) is 65.2 Å². The molecule has 0 bridgehead atoms. The van der Waals surface area contributed by atoms with Crippen LogP contribution >= 0.6 is 0 Å². The lowest BCUT2D eigenvalue weighted by atomic mass is 9.83. The quantitative estimate of drug-likeness (QED) is 0.470. The molecule has 8 heteroatoms. The number of carbonyl (C=O) groups is 2. The number of ketones is 1. The summed E-state index contributed by atoms with van der Waals surface area (Å²) in [4.78, 5) is 26.7. The van der Waals surface area contributed by atoms with Crippen LogP contribution in [0.25, 0.3) is 0 Å². The summed E-state index contributed by atoms with van der Waals surface area (Å²) < 4.78 is 31.2. The number of anilines is 1. The number of ether oxygens (including phenoxy) is 1. The summed E-state index contributed by atoms with van der Waals surface area (Å²) in [6.07, 6.45) is 1.49. The molecule has 0 saturated heterocycles. The summed E-state index contributed by atoms with van der Waals surface area (Å²) in [6.45, 7) is 4.97. The van der Waals surface area contributed by atoms with Gasteiger partial charge < -0.3 is 9.64 Å². The van der Waals surface area contributed by atoms with Crippen LogP contribution in [0.1, 0.15) is 25.0 Å². The molecule has 0 radical (unpaired) electrons. The Morgan fingerprint density at radius 3 is 2.34 bits per heavy atom. The number of carbonyl (C=O) groups excluding carboxylic acids is 2. The van der Waals surface area contributed by atoms with E-state index in [1.54, 1.807) is 12.1 Å². The van der Waals surface area contributed by atoms with E-state index in [4.69, 9.17) is 4.74 Å². The lowest BCUT2D eigenvalue weighted by Gasteiger charge is -2.24. The monoisotopic (exact) mass is 456 g/mol. The molecular weight excluding hydrogens is 428 g/mol. The Balaban J connectivity index is 1.62. The van der Waals surface area contributed by atoms with Gasteiger partial charge >= 0.3 is 5.97 Å². The van der Waals surface area contributed by atoms with Crippen molar-refractivity contribution in [3.63, 3.8) is 0 Å². The minimum absolute atomic E-state index is 0.0882. The van der Waals surface area contributed by atoms with Crippen molar-refractivity contribution in [2.45, 2.75) is 31.1 Å². The number of fused-ring (bicyclic) bond motifs is 1. The SMILES string of the molecule is Cc1ccc(S(=O)(=O)N(C)CC(=O)OCC(=O)C=C2N(C)c3ccccc3C2(C)C)cc1. The third kappa shape index (κ3) is 4.61. The van der Waals surface area contributed by atoms with Crippen molar-refractivity contribution < 1.29 is 22.7 Å². The van der Waals surface area contributed by atoms with Crippen molar-refractivity contribution in [1.82, 2.24) is 4.31 Å². The maximum Gasteiger partial charge on any atom is 0.321 e. The van der Waals surface area contributed by atoms with E-state index in [0.717, 1.165) is 26.8 Å². The van der Waals surface area contributed by atoms with Crippen LogP contribution < -0.4 is 4.90 Å². The molecule has 0 aromatic heterocycles. The molecule has 1 aliphatic heterocycles. The molecule has 0 saturated carbocycles. The normalized spacial score (nSPS) is 16.3. The van der Waals surface area contributed by atoms with Crippen molar-refractivity contribution in [1.29, 1.82) is 0 Å². The van der Waals surface area contributed by atoms with Crippen molar-refractivity contribution in [2.24, 2.45) is 0 Å². The van der Waals surface area contributed by atoms with Crippen LogP contribution in [0.5, 0.6) is 0 Å². The minimum atomic E-state index is -3.83. The molecule has 2 aromatic carbocycles. The topological polar surface area (TPSA) is 84.0 Å². The van der Waals surface area contributed by atoms with Gasteiger partial charge in [-0.05, 0) is 30.7 Å². The average Bonchev–Trinajstić information content (AvgIpc) is 2.93. The second-order valence-corrected chi connectivity index (χ2v) is 10.5. The molecular formula is C24H28N2O5S. The first-order valence-corrected chi connectivity index (χ1v) is 11.7. The van der Waals surface area contributed by atoms with Gasteiger partial charge in [0.25, 0.3) is 0 Å². The molecule has 2 aromatic rings. The van der Waals surface area contributed by atoms with Crippen LogP contribution in [0.2, 0.25) is 0 Å². The van der Waals surface area contributed by atoms with Gasteiger partial charge in [0.15, 0.2) is 12.4 Å². The Bertz CT molecular complexity index is 1170. The van der Waals surface area contributed by atoms with Crippen LogP contribution in [-0.4, -0.2) is 51.7 Å². The first kappa shape index (κ1) is 23.7. The molecule has 0 spiro atoms. The summed E-state index contributed by atoms with van der Waals surface area (Å²) in [5, 5.41) is 0. The standard InChI is InChI=1S/C24H28N2O5S/c1-17-10-12-19(13-11-17)32(29,30)25(4)15-23(28)31-16-18(27)14-22-24(2,3)20-8-6-7-9-21(20)26(22)5/h6-14H,15-16H2,1-5H3. The highest BCUT2D eigenvalue weighted by atomic mass is 32.2. The van der Waals surface area contributed by atoms with Gasteiger partial charge in [-0.1, -0.05) is 49.7 Å². The van der Waals surface area contributed by atoms with E-state index in [1.165, 1.54) is 25.3 Å². The zero-order chi connectivity index (χ0) is 23.7. The van der Waals surface area contributed by atoms with E-state index in [1.807, 2.05) is 57.0 Å². The van der Waals surface area contributed by atoms with Gasteiger partial charge in [-0.25, -0.2) is 8.42 Å². The molecule has 1 heterocycles. The zero-order valence-corrected chi connectivity index (χ0v) is 19.8. The molecule has 0 unspecified atom stereocenters. The van der Waals surface area contributed by atoms with E-state index in [0.29, 0.717) is 0 Å². The van der Waals surface area contributed by atoms with Crippen molar-refractivity contribution in [3.8, 4) is 0 Å². The van der Waals surface area contributed by atoms with Gasteiger partial charge in [0, 0.05) is 37.0 Å². The predicted octanol–water partition coefficient (Wildman–Crippen LogP) is 3.04. The van der Waals surface area contributed by atoms with Gasteiger partial charge in [0.2, 0.25) is 10.0 Å². The Kier molecular flexibility index (Phi) is 6.57. The van der Waals surface area contributed by atoms with E-state index in [-0.39, 0.29) is 16.1 Å². The van der Waals surface area contributed by atoms with E-state index >= 15 is 0 Å². The smallest absolute Gasteiger partial charge is 0.321 e. The van der Waals surface area contributed by atoms with Crippen molar-refractivity contribution >= 4 is 27.5 Å². The van der Waals surface area contributed by atoms with Crippen LogP contribution in [-0.2, 0) is 29.8 Å². The number of para-hydroxylation sites is 1. The fraction of sp³-hybridized carbons (Fsp3) is 0.333. The number of hydrogen-bond acceptors (Lipinski definition) is 6. The third-order valence-electron chi connectivity index (χ3n) is 5.69. The number of likely N-dealkylation sites (N-methyl/N-ethyl adjacent to an activating group) is 2. The second-order valence-electron chi connectivity index (χ2n) is 8.43. The Morgan fingerprint density at radius 2 is 1.72 bits per heavy atom. The number of esters is 1. The van der Waals surface area contributed by atoms with Gasteiger partial charge in [-0.2, -0.15) is 4.31 Å². The van der Waals surface area contributed by atoms with Crippen LogP contribution in [0, 0.1) is 6.92 Å². The molecule has 0 atom stereocenters. The number of aryl methyl sites for hydroxylation is 1. The molecule has 0 N–H and O–H groups in total. The van der Waals surface area contributed by atoms with Crippen molar-refractivity contribution in [3.05, 3.63) is 71.4 Å². The fourth-order valence-corrected chi connectivity index (χ4v) is 4.92. The highest BCUT2D eigenvalue weighted by Gasteiger charge is 2.38. The molecule has 3 rings (SSSR count). The molecule has 1 aliphatic rings. The number of sulfonamides is 1. The second kappa shape index (κ2) is 8.88. The number of benzene rings is 2. The summed E-state index contributed by atoms with van der Waals surface area (Å²) in [5.74, 6) is -1.16. The zero-order valence-electron chi connectivity index (χ0n) is 19.0. The molecule has 0 amide bonds. The molecule has 0 aliphatic carbocycles. The van der Waals surface area contributed by atoms with E-state index < -0.39 is 29.1 Å². The Labute approximate surface area is 189 Å². The molecule has 170 valence electrons. The van der Waals surface area contributed by atoms with E-state index in [2.05, 4.69) is 0 Å². The molecule has 0 fully saturated rings. The molecule has 7 nitrogen and oxygen atoms in total. The summed E-state index contributed by atoms with van der Waals surface area (Å²) in [5.41, 5.74) is 3.50. The Hall–Kier alpha value is -2.97. The predicted molar refractivity (Wildman–Crippen MR) is 123 cm³/mol. The average molecular weight is 457 g/mol.